The van der Waals surface area contributed by atoms with Gasteiger partial charge in [-0.3, -0.25) is 9.59 Å². The number of benzene rings is 2. The second kappa shape index (κ2) is 8.14. The van der Waals surface area contributed by atoms with Gasteiger partial charge in [0.25, 0.3) is 5.91 Å². The van der Waals surface area contributed by atoms with Crippen LogP contribution in [0.4, 0.5) is 11.4 Å². The van der Waals surface area contributed by atoms with E-state index in [0.29, 0.717) is 27.7 Å². The molecule has 4 bridgehead atoms. The first kappa shape index (κ1) is 20.8. The molecule has 0 aromatic heterocycles. The maximum absolute atomic E-state index is 12.8. The summed E-state index contributed by atoms with van der Waals surface area (Å²) in [6.45, 7) is 0. The van der Waals surface area contributed by atoms with E-state index in [0.717, 1.165) is 23.4 Å². The van der Waals surface area contributed by atoms with Crippen molar-refractivity contribution in [2.45, 2.75) is 44.9 Å². The van der Waals surface area contributed by atoms with Crippen molar-refractivity contribution in [3.63, 3.8) is 0 Å². The minimum absolute atomic E-state index is 0.103. The zero-order valence-corrected chi connectivity index (χ0v) is 18.8. The van der Waals surface area contributed by atoms with Crippen molar-refractivity contribution in [2.75, 3.05) is 10.6 Å². The maximum atomic E-state index is 12.8. The predicted octanol–water partition coefficient (Wildman–Crippen LogP) is 6.79. The molecular formula is C25H26Cl2N2O2. The lowest BCUT2D eigenvalue weighted by Crippen LogP contribution is -2.47. The van der Waals surface area contributed by atoms with Gasteiger partial charge in [0, 0.05) is 22.8 Å². The smallest absolute Gasteiger partial charge is 0.257 e. The first-order valence-corrected chi connectivity index (χ1v) is 11.8. The molecule has 2 aromatic rings. The Bertz CT molecular complexity index is 983. The molecule has 0 heterocycles. The third kappa shape index (κ3) is 4.47. The average molecular weight is 457 g/mol. The van der Waals surface area contributed by atoms with Gasteiger partial charge in [-0.05, 0) is 104 Å². The Morgan fingerprint density at radius 1 is 0.839 bits per heavy atom. The van der Waals surface area contributed by atoms with Crippen molar-refractivity contribution in [2.24, 2.45) is 23.2 Å². The van der Waals surface area contributed by atoms with Gasteiger partial charge in [0.05, 0.1) is 10.6 Å². The second-order valence-electron chi connectivity index (χ2n) is 9.80. The minimum atomic E-state index is -0.305. The zero-order valence-electron chi connectivity index (χ0n) is 17.3. The van der Waals surface area contributed by atoms with Crippen LogP contribution in [0.5, 0.6) is 0 Å². The van der Waals surface area contributed by atoms with Crippen molar-refractivity contribution < 1.29 is 9.59 Å². The molecule has 6 heteroatoms. The van der Waals surface area contributed by atoms with Crippen LogP contribution in [-0.4, -0.2) is 11.8 Å². The van der Waals surface area contributed by atoms with Gasteiger partial charge in [-0.2, -0.15) is 0 Å². The van der Waals surface area contributed by atoms with Gasteiger partial charge in [-0.15, -0.1) is 0 Å². The summed E-state index contributed by atoms with van der Waals surface area (Å²) in [5, 5.41) is 6.67. The first-order valence-electron chi connectivity index (χ1n) is 11.0. The van der Waals surface area contributed by atoms with Crippen molar-refractivity contribution >= 4 is 46.4 Å². The number of nitrogens with one attached hydrogen (secondary N) is 2. The highest BCUT2D eigenvalue weighted by Gasteiger charge is 2.51. The highest BCUT2D eigenvalue weighted by Crippen LogP contribution is 2.61. The van der Waals surface area contributed by atoms with E-state index < -0.39 is 0 Å². The summed E-state index contributed by atoms with van der Waals surface area (Å²) in [6, 6.07) is 12.0. The van der Waals surface area contributed by atoms with Gasteiger partial charge in [0.15, 0.2) is 0 Å². The van der Waals surface area contributed by atoms with Crippen molar-refractivity contribution in [3.8, 4) is 0 Å². The number of anilines is 2. The van der Waals surface area contributed by atoms with E-state index in [1.54, 1.807) is 30.3 Å². The Morgan fingerprint density at radius 3 is 1.94 bits per heavy atom. The molecule has 4 saturated carbocycles. The van der Waals surface area contributed by atoms with Crippen molar-refractivity contribution in [1.82, 2.24) is 0 Å². The Balaban J connectivity index is 1.19. The highest BCUT2D eigenvalue weighted by molar-refractivity contribution is 6.37. The molecule has 0 saturated heterocycles. The molecule has 162 valence electrons. The second-order valence-corrected chi connectivity index (χ2v) is 10.6. The Labute approximate surface area is 192 Å². The molecule has 2 N–H and O–H groups in total. The predicted molar refractivity (Wildman–Crippen MR) is 125 cm³/mol. The number of carbonyl (C=O) groups excluding carboxylic acids is 2. The molecular weight excluding hydrogens is 431 g/mol. The fourth-order valence-corrected chi connectivity index (χ4v) is 7.06. The Morgan fingerprint density at radius 2 is 1.39 bits per heavy atom. The topological polar surface area (TPSA) is 58.2 Å². The molecule has 0 spiro atoms. The summed E-state index contributed by atoms with van der Waals surface area (Å²) in [4.78, 5) is 25.3. The standard InChI is InChI=1S/C25H26Cl2N2O2/c26-18-1-6-21(22(27)10-18)24(31)29-20-4-2-19(3-5-20)28-23(30)14-25-11-15-7-16(12-25)9-17(8-15)13-25/h1-6,10,15-17H,7-9,11-14H2,(H,28,30)(H,29,31). The van der Waals surface area contributed by atoms with Gasteiger partial charge < -0.3 is 10.6 Å². The number of halogens is 2. The lowest BCUT2D eigenvalue weighted by Gasteiger charge is -2.56. The molecule has 4 fully saturated rings. The number of hydrogen-bond donors (Lipinski definition) is 2. The van der Waals surface area contributed by atoms with Crippen LogP contribution < -0.4 is 10.6 Å². The SMILES string of the molecule is O=C(CC12CC3CC(CC(C3)C1)C2)Nc1ccc(NC(=O)c2ccc(Cl)cc2Cl)cc1. The van der Waals surface area contributed by atoms with Crippen LogP contribution in [0.25, 0.3) is 0 Å². The van der Waals surface area contributed by atoms with Gasteiger partial charge in [-0.1, -0.05) is 23.2 Å². The summed E-state index contributed by atoms with van der Waals surface area (Å²) in [5.74, 6) is 2.33. The van der Waals surface area contributed by atoms with Crippen LogP contribution >= 0.6 is 23.2 Å². The van der Waals surface area contributed by atoms with E-state index >= 15 is 0 Å². The molecule has 0 aliphatic heterocycles. The zero-order chi connectivity index (χ0) is 21.6. The molecule has 31 heavy (non-hydrogen) atoms. The molecule has 4 nitrogen and oxygen atoms in total. The summed E-state index contributed by atoms with van der Waals surface area (Å²) >= 11 is 12.0. The Hall–Kier alpha value is -2.04. The van der Waals surface area contributed by atoms with Gasteiger partial charge in [0.1, 0.15) is 0 Å². The van der Waals surface area contributed by atoms with Gasteiger partial charge >= 0.3 is 0 Å². The third-order valence-corrected chi connectivity index (χ3v) is 7.85. The summed E-state index contributed by atoms with van der Waals surface area (Å²) < 4.78 is 0. The summed E-state index contributed by atoms with van der Waals surface area (Å²) in [7, 11) is 0. The maximum Gasteiger partial charge on any atom is 0.257 e. The number of hydrogen-bond acceptors (Lipinski definition) is 2. The van der Waals surface area contributed by atoms with E-state index in [4.69, 9.17) is 23.2 Å². The Kier molecular flexibility index (Phi) is 5.47. The monoisotopic (exact) mass is 456 g/mol. The molecule has 0 atom stereocenters. The van der Waals surface area contributed by atoms with Crippen LogP contribution in [0.15, 0.2) is 42.5 Å². The largest absolute Gasteiger partial charge is 0.326 e. The van der Waals surface area contributed by atoms with E-state index in [-0.39, 0.29) is 17.2 Å². The third-order valence-electron chi connectivity index (χ3n) is 7.30. The lowest BCUT2D eigenvalue weighted by molar-refractivity contribution is -0.124. The van der Waals surface area contributed by atoms with Gasteiger partial charge in [-0.25, -0.2) is 0 Å². The first-order chi connectivity index (χ1) is 14.9. The van der Waals surface area contributed by atoms with Crippen LogP contribution in [0.1, 0.15) is 55.3 Å². The number of carbonyl (C=O) groups is 2. The highest BCUT2D eigenvalue weighted by atomic mass is 35.5. The summed E-state index contributed by atoms with van der Waals surface area (Å²) in [6.07, 6.45) is 8.46. The average Bonchev–Trinajstić information content (AvgIpc) is 2.67. The van der Waals surface area contributed by atoms with E-state index in [9.17, 15) is 9.59 Å². The molecule has 0 unspecified atom stereocenters. The van der Waals surface area contributed by atoms with Gasteiger partial charge in [0.2, 0.25) is 5.91 Å². The molecule has 4 aliphatic carbocycles. The van der Waals surface area contributed by atoms with Crippen LogP contribution in [0.2, 0.25) is 10.0 Å². The normalized spacial score (nSPS) is 28.4. The fraction of sp³-hybridized carbons (Fsp3) is 0.440. The molecule has 4 aliphatic rings. The fourth-order valence-electron chi connectivity index (χ4n) is 6.56. The number of rotatable bonds is 5. The van der Waals surface area contributed by atoms with E-state index in [1.807, 2.05) is 12.1 Å². The number of amides is 2. The minimum Gasteiger partial charge on any atom is -0.326 e. The van der Waals surface area contributed by atoms with E-state index in [2.05, 4.69) is 10.6 Å². The molecule has 2 amide bonds. The van der Waals surface area contributed by atoms with Crippen molar-refractivity contribution in [3.05, 3.63) is 58.1 Å². The van der Waals surface area contributed by atoms with Crippen LogP contribution in [0.3, 0.4) is 0 Å². The molecule has 2 aromatic carbocycles. The van der Waals surface area contributed by atoms with Crippen LogP contribution in [-0.2, 0) is 4.79 Å². The lowest BCUT2D eigenvalue weighted by atomic mass is 9.49. The van der Waals surface area contributed by atoms with Crippen molar-refractivity contribution in [1.29, 1.82) is 0 Å². The quantitative estimate of drug-likeness (QED) is 0.519. The molecule has 6 rings (SSSR count). The van der Waals surface area contributed by atoms with Crippen LogP contribution in [0, 0.1) is 23.2 Å². The summed E-state index contributed by atoms with van der Waals surface area (Å²) in [5.41, 5.74) is 1.97. The van der Waals surface area contributed by atoms with E-state index in [1.165, 1.54) is 38.5 Å². The molecule has 0 radical (unpaired) electrons.